The highest BCUT2D eigenvalue weighted by Crippen LogP contribution is 2.23. The molecule has 2 heterocycles. The van der Waals surface area contributed by atoms with Gasteiger partial charge in [0.05, 0.1) is 11.6 Å². The molecule has 0 bridgehead atoms. The maximum Gasteiger partial charge on any atom is 0.163 e. The van der Waals surface area contributed by atoms with Crippen LogP contribution in [0.2, 0.25) is 0 Å². The minimum atomic E-state index is 0.155. The summed E-state index contributed by atoms with van der Waals surface area (Å²) in [4.78, 5) is 8.87. The second-order valence-corrected chi connectivity index (χ2v) is 6.34. The number of aromatic nitrogens is 4. The number of hydrogen-bond acceptors (Lipinski definition) is 4. The molecule has 4 rings (SSSR count). The summed E-state index contributed by atoms with van der Waals surface area (Å²) in [5.74, 6) is 0.817. The molecule has 1 atom stereocenters. The molecule has 5 nitrogen and oxygen atoms in total. The molecule has 26 heavy (non-hydrogen) atoms. The van der Waals surface area contributed by atoms with E-state index in [1.807, 2.05) is 35.1 Å². The quantitative estimate of drug-likeness (QED) is 0.569. The first-order chi connectivity index (χ1) is 12.8. The third-order valence-corrected chi connectivity index (χ3v) is 4.54. The van der Waals surface area contributed by atoms with Gasteiger partial charge in [-0.2, -0.15) is 5.10 Å². The number of nitrogens with zero attached hydrogens (tertiary/aromatic N) is 4. The summed E-state index contributed by atoms with van der Waals surface area (Å²) in [5, 5.41) is 8.96. The predicted molar refractivity (Wildman–Crippen MR) is 104 cm³/mol. The molecular weight excluding hydrogens is 322 g/mol. The fraction of sp³-hybridized carbons (Fsp3) is 0.190. The molecule has 2 aromatic carbocycles. The number of nitrogens with one attached hydrogen (secondary N) is 1. The van der Waals surface area contributed by atoms with E-state index in [1.165, 1.54) is 11.1 Å². The Labute approximate surface area is 152 Å². The van der Waals surface area contributed by atoms with Crippen molar-refractivity contribution >= 4 is 16.9 Å². The number of rotatable bonds is 6. The van der Waals surface area contributed by atoms with E-state index in [2.05, 4.69) is 63.7 Å². The van der Waals surface area contributed by atoms with Crippen molar-refractivity contribution in [3.63, 3.8) is 0 Å². The Kier molecular flexibility index (Phi) is 4.60. The number of hydrogen-bond donors (Lipinski definition) is 1. The zero-order valence-corrected chi connectivity index (χ0v) is 14.7. The monoisotopic (exact) mass is 343 g/mol. The molecule has 0 aliphatic rings. The van der Waals surface area contributed by atoms with Gasteiger partial charge in [-0.15, -0.1) is 0 Å². The molecule has 5 heteroatoms. The van der Waals surface area contributed by atoms with E-state index in [9.17, 15) is 0 Å². The van der Waals surface area contributed by atoms with Gasteiger partial charge in [0.2, 0.25) is 0 Å². The van der Waals surface area contributed by atoms with Crippen molar-refractivity contribution in [3.8, 4) is 0 Å². The van der Waals surface area contributed by atoms with Gasteiger partial charge in [0.25, 0.3) is 0 Å². The number of anilines is 1. The van der Waals surface area contributed by atoms with Crippen LogP contribution in [0.15, 0.2) is 73.2 Å². The summed E-state index contributed by atoms with van der Waals surface area (Å²) in [6.07, 6.45) is 4.37. The molecule has 0 amide bonds. The van der Waals surface area contributed by atoms with Crippen molar-refractivity contribution in [1.82, 2.24) is 19.7 Å². The lowest BCUT2D eigenvalue weighted by molar-refractivity contribution is 0.629. The van der Waals surface area contributed by atoms with Crippen LogP contribution < -0.4 is 5.32 Å². The highest BCUT2D eigenvalue weighted by atomic mass is 15.3. The van der Waals surface area contributed by atoms with Gasteiger partial charge in [-0.3, -0.25) is 0 Å². The van der Waals surface area contributed by atoms with Gasteiger partial charge in [-0.1, -0.05) is 60.7 Å². The van der Waals surface area contributed by atoms with E-state index >= 15 is 0 Å². The summed E-state index contributed by atoms with van der Waals surface area (Å²) in [6.45, 7) is 2.92. The minimum Gasteiger partial charge on any atom is -0.363 e. The molecule has 0 spiro atoms. The second kappa shape index (κ2) is 7.35. The van der Waals surface area contributed by atoms with Crippen LogP contribution in [0.1, 0.15) is 24.1 Å². The van der Waals surface area contributed by atoms with Gasteiger partial charge in [-0.05, 0) is 24.5 Å². The second-order valence-electron chi connectivity index (χ2n) is 6.34. The van der Waals surface area contributed by atoms with Crippen LogP contribution in [0, 0.1) is 0 Å². The molecule has 0 fully saturated rings. The molecule has 4 aromatic rings. The maximum atomic E-state index is 4.53. The molecule has 0 aliphatic heterocycles. The van der Waals surface area contributed by atoms with Gasteiger partial charge in [0, 0.05) is 12.6 Å². The Bertz CT molecular complexity index is 979. The average molecular weight is 343 g/mol. The van der Waals surface area contributed by atoms with Crippen LogP contribution in [0.3, 0.4) is 0 Å². The van der Waals surface area contributed by atoms with Crippen LogP contribution in [0.5, 0.6) is 0 Å². The van der Waals surface area contributed by atoms with Crippen LogP contribution in [-0.4, -0.2) is 19.7 Å². The smallest absolute Gasteiger partial charge is 0.163 e. The van der Waals surface area contributed by atoms with E-state index in [0.717, 1.165) is 29.8 Å². The summed E-state index contributed by atoms with van der Waals surface area (Å²) in [6, 6.07) is 20.9. The zero-order valence-electron chi connectivity index (χ0n) is 14.7. The molecule has 0 radical (unpaired) electrons. The highest BCUT2D eigenvalue weighted by Gasteiger charge is 2.12. The topological polar surface area (TPSA) is 55.6 Å². The predicted octanol–water partition coefficient (Wildman–Crippen LogP) is 4.24. The molecule has 0 saturated heterocycles. The first-order valence-electron chi connectivity index (χ1n) is 8.83. The molecule has 0 unspecified atom stereocenters. The standard InChI is InChI=1S/C21H21N5/c1-16(18-10-6-3-7-11-18)25-20-19-14-24-26(21(19)23-15-22-20)13-12-17-8-4-2-5-9-17/h2-11,14-16H,12-13H2,1H3,(H,22,23,25)/t16-/m1/s1. The molecule has 130 valence electrons. The van der Waals surface area contributed by atoms with Crippen LogP contribution >= 0.6 is 0 Å². The minimum absolute atomic E-state index is 0.155. The van der Waals surface area contributed by atoms with E-state index in [0.29, 0.717) is 0 Å². The summed E-state index contributed by atoms with van der Waals surface area (Å²) in [5.41, 5.74) is 3.37. The summed E-state index contributed by atoms with van der Waals surface area (Å²) in [7, 11) is 0. The Morgan fingerprint density at radius 3 is 2.46 bits per heavy atom. The summed E-state index contributed by atoms with van der Waals surface area (Å²) < 4.78 is 1.95. The molecule has 2 aromatic heterocycles. The van der Waals surface area contributed by atoms with Crippen molar-refractivity contribution in [1.29, 1.82) is 0 Å². The van der Waals surface area contributed by atoms with Gasteiger partial charge >= 0.3 is 0 Å². The van der Waals surface area contributed by atoms with Crippen LogP contribution in [-0.2, 0) is 13.0 Å². The van der Waals surface area contributed by atoms with E-state index in [1.54, 1.807) is 6.33 Å². The Balaban J connectivity index is 1.55. The molecule has 0 saturated carbocycles. The van der Waals surface area contributed by atoms with E-state index in [4.69, 9.17) is 0 Å². The normalized spacial score (nSPS) is 12.2. The molecule has 1 N–H and O–H groups in total. The zero-order chi connectivity index (χ0) is 17.8. The number of fused-ring (bicyclic) bond motifs is 1. The number of aryl methyl sites for hydroxylation is 2. The van der Waals surface area contributed by atoms with Crippen LogP contribution in [0.25, 0.3) is 11.0 Å². The van der Waals surface area contributed by atoms with Gasteiger partial charge in [0.1, 0.15) is 12.1 Å². The van der Waals surface area contributed by atoms with Crippen molar-refractivity contribution in [3.05, 3.63) is 84.3 Å². The number of benzene rings is 2. The molecular formula is C21H21N5. The van der Waals surface area contributed by atoms with Crippen molar-refractivity contribution in [2.24, 2.45) is 0 Å². The Morgan fingerprint density at radius 1 is 0.962 bits per heavy atom. The SMILES string of the molecule is C[C@@H](Nc1ncnc2c1cnn2CCc1ccccc1)c1ccccc1. The van der Waals surface area contributed by atoms with Crippen molar-refractivity contribution in [2.45, 2.75) is 25.9 Å². The first kappa shape index (κ1) is 16.3. The van der Waals surface area contributed by atoms with Crippen molar-refractivity contribution in [2.75, 3.05) is 5.32 Å². The van der Waals surface area contributed by atoms with Gasteiger partial charge in [-0.25, -0.2) is 14.6 Å². The van der Waals surface area contributed by atoms with E-state index in [-0.39, 0.29) is 6.04 Å². The molecule has 0 aliphatic carbocycles. The van der Waals surface area contributed by atoms with E-state index < -0.39 is 0 Å². The lowest BCUT2D eigenvalue weighted by Crippen LogP contribution is -2.09. The Morgan fingerprint density at radius 2 is 1.69 bits per heavy atom. The third kappa shape index (κ3) is 3.42. The van der Waals surface area contributed by atoms with Crippen molar-refractivity contribution < 1.29 is 0 Å². The third-order valence-electron chi connectivity index (χ3n) is 4.54. The largest absolute Gasteiger partial charge is 0.363 e. The highest BCUT2D eigenvalue weighted by molar-refractivity contribution is 5.86. The lowest BCUT2D eigenvalue weighted by atomic mass is 10.1. The fourth-order valence-corrected chi connectivity index (χ4v) is 3.08. The van der Waals surface area contributed by atoms with Gasteiger partial charge < -0.3 is 5.32 Å². The first-order valence-corrected chi connectivity index (χ1v) is 8.83. The van der Waals surface area contributed by atoms with Gasteiger partial charge in [0.15, 0.2) is 5.65 Å². The summed E-state index contributed by atoms with van der Waals surface area (Å²) >= 11 is 0. The van der Waals surface area contributed by atoms with Crippen LogP contribution in [0.4, 0.5) is 5.82 Å². The Hall–Kier alpha value is -3.21. The fourth-order valence-electron chi connectivity index (χ4n) is 3.08. The lowest BCUT2D eigenvalue weighted by Gasteiger charge is -2.15. The average Bonchev–Trinajstić information content (AvgIpc) is 3.12. The maximum absolute atomic E-state index is 4.53.